The Morgan fingerprint density at radius 1 is 1.35 bits per heavy atom. The van der Waals surface area contributed by atoms with Gasteiger partial charge >= 0.3 is 0 Å². The minimum absolute atomic E-state index is 0.465. The van der Waals surface area contributed by atoms with Gasteiger partial charge in [0.05, 0.1) is 0 Å². The van der Waals surface area contributed by atoms with Crippen LogP contribution in [0, 0.1) is 0 Å². The molecule has 17 heavy (non-hydrogen) atoms. The van der Waals surface area contributed by atoms with Gasteiger partial charge in [0.15, 0.2) is 0 Å². The highest BCUT2D eigenvalue weighted by atomic mass is 32.1. The lowest BCUT2D eigenvalue weighted by molar-refractivity contribution is 0.531. The van der Waals surface area contributed by atoms with Crippen LogP contribution in [0.15, 0.2) is 24.3 Å². The van der Waals surface area contributed by atoms with Crippen LogP contribution in [0.25, 0.3) is 0 Å². The van der Waals surface area contributed by atoms with Crippen LogP contribution in [0.3, 0.4) is 0 Å². The standard InChI is InChI=1S/C15H25NS/c1-5-10-16-14(11-12(4)6-2)15-9-8-13(7-3)17-15/h8-9,14,16H,4-7,10-11H2,1-3H3. The maximum Gasteiger partial charge on any atom is 0.0452 e. The molecule has 0 saturated heterocycles. The van der Waals surface area contributed by atoms with Crippen molar-refractivity contribution in [2.45, 2.75) is 52.5 Å². The van der Waals surface area contributed by atoms with E-state index < -0.39 is 0 Å². The second kappa shape index (κ2) is 7.67. The summed E-state index contributed by atoms with van der Waals surface area (Å²) in [6.45, 7) is 11.8. The van der Waals surface area contributed by atoms with Gasteiger partial charge in [-0.25, -0.2) is 0 Å². The zero-order valence-corrected chi connectivity index (χ0v) is 12.2. The molecule has 1 N–H and O–H groups in total. The average molecular weight is 251 g/mol. The fraction of sp³-hybridized carbons (Fsp3) is 0.600. The molecule has 1 aromatic heterocycles. The first-order valence-electron chi connectivity index (χ1n) is 6.69. The lowest BCUT2D eigenvalue weighted by Gasteiger charge is -2.18. The molecular formula is C15H25NS. The zero-order valence-electron chi connectivity index (χ0n) is 11.4. The van der Waals surface area contributed by atoms with Gasteiger partial charge in [0.2, 0.25) is 0 Å². The fourth-order valence-corrected chi connectivity index (χ4v) is 2.82. The van der Waals surface area contributed by atoms with Crippen LogP contribution in [0.4, 0.5) is 0 Å². The summed E-state index contributed by atoms with van der Waals surface area (Å²) in [5, 5.41) is 3.64. The average Bonchev–Trinajstić information content (AvgIpc) is 2.82. The minimum atomic E-state index is 0.465. The number of hydrogen-bond donors (Lipinski definition) is 1. The molecular weight excluding hydrogens is 226 g/mol. The van der Waals surface area contributed by atoms with Crippen molar-refractivity contribution in [2.24, 2.45) is 0 Å². The molecule has 0 saturated carbocycles. The summed E-state index contributed by atoms with van der Waals surface area (Å²) >= 11 is 1.94. The molecule has 0 aliphatic carbocycles. The van der Waals surface area contributed by atoms with E-state index in [0.717, 1.165) is 25.8 Å². The van der Waals surface area contributed by atoms with Gasteiger partial charge in [-0.15, -0.1) is 11.3 Å². The topological polar surface area (TPSA) is 12.0 Å². The number of nitrogens with one attached hydrogen (secondary N) is 1. The Bertz CT molecular complexity index is 340. The zero-order chi connectivity index (χ0) is 12.7. The lowest BCUT2D eigenvalue weighted by Crippen LogP contribution is -2.21. The summed E-state index contributed by atoms with van der Waals surface area (Å²) in [5.74, 6) is 0. The van der Waals surface area contributed by atoms with E-state index in [-0.39, 0.29) is 0 Å². The molecule has 0 aromatic carbocycles. The fourth-order valence-electron chi connectivity index (χ4n) is 1.80. The van der Waals surface area contributed by atoms with E-state index in [4.69, 9.17) is 0 Å². The van der Waals surface area contributed by atoms with Crippen LogP contribution in [-0.2, 0) is 6.42 Å². The summed E-state index contributed by atoms with van der Waals surface area (Å²) in [4.78, 5) is 2.94. The predicted octanol–water partition coefficient (Wildman–Crippen LogP) is 4.71. The Kier molecular flexibility index (Phi) is 6.53. The number of thiophene rings is 1. The molecule has 1 heterocycles. The second-order valence-electron chi connectivity index (χ2n) is 4.47. The van der Waals surface area contributed by atoms with Crippen molar-refractivity contribution in [1.82, 2.24) is 5.32 Å². The van der Waals surface area contributed by atoms with Crippen molar-refractivity contribution in [3.63, 3.8) is 0 Å². The predicted molar refractivity (Wildman–Crippen MR) is 78.8 cm³/mol. The van der Waals surface area contributed by atoms with Crippen LogP contribution in [0.2, 0.25) is 0 Å². The summed E-state index contributed by atoms with van der Waals surface area (Å²) in [6.07, 6.45) is 4.47. The van der Waals surface area contributed by atoms with Crippen molar-refractivity contribution in [1.29, 1.82) is 0 Å². The third kappa shape index (κ3) is 4.64. The molecule has 0 radical (unpaired) electrons. The number of hydrogen-bond acceptors (Lipinski definition) is 2. The maximum absolute atomic E-state index is 4.14. The highest BCUT2D eigenvalue weighted by Crippen LogP contribution is 2.28. The van der Waals surface area contributed by atoms with E-state index in [1.165, 1.54) is 21.7 Å². The Morgan fingerprint density at radius 3 is 2.65 bits per heavy atom. The summed E-state index contributed by atoms with van der Waals surface area (Å²) in [5.41, 5.74) is 1.34. The van der Waals surface area contributed by atoms with Gasteiger partial charge in [-0.1, -0.05) is 32.9 Å². The molecule has 0 spiro atoms. The van der Waals surface area contributed by atoms with Gasteiger partial charge in [0.1, 0.15) is 0 Å². The molecule has 96 valence electrons. The molecule has 0 aliphatic heterocycles. The Labute approximate surface area is 110 Å². The van der Waals surface area contributed by atoms with Crippen molar-refractivity contribution in [3.05, 3.63) is 34.0 Å². The third-order valence-corrected chi connectivity index (χ3v) is 4.35. The Hall–Kier alpha value is -0.600. The first-order valence-corrected chi connectivity index (χ1v) is 7.51. The quantitative estimate of drug-likeness (QED) is 0.660. The lowest BCUT2D eigenvalue weighted by atomic mass is 10.0. The molecule has 1 atom stereocenters. The Morgan fingerprint density at radius 2 is 2.12 bits per heavy atom. The molecule has 1 nitrogen and oxygen atoms in total. The second-order valence-corrected chi connectivity index (χ2v) is 5.67. The van der Waals surface area contributed by atoms with E-state index in [9.17, 15) is 0 Å². The van der Waals surface area contributed by atoms with Crippen molar-refractivity contribution < 1.29 is 0 Å². The molecule has 0 amide bonds. The van der Waals surface area contributed by atoms with Gasteiger partial charge in [0.25, 0.3) is 0 Å². The minimum Gasteiger partial charge on any atom is -0.309 e. The van der Waals surface area contributed by atoms with E-state index >= 15 is 0 Å². The molecule has 0 bridgehead atoms. The maximum atomic E-state index is 4.14. The molecule has 1 rings (SSSR count). The van der Waals surface area contributed by atoms with E-state index in [1.54, 1.807) is 0 Å². The monoisotopic (exact) mass is 251 g/mol. The van der Waals surface area contributed by atoms with E-state index in [2.05, 4.69) is 44.8 Å². The van der Waals surface area contributed by atoms with Crippen molar-refractivity contribution in [3.8, 4) is 0 Å². The van der Waals surface area contributed by atoms with Gasteiger partial charge in [0, 0.05) is 15.8 Å². The van der Waals surface area contributed by atoms with Crippen molar-refractivity contribution in [2.75, 3.05) is 6.54 Å². The Balaban J connectivity index is 2.70. The SMILES string of the molecule is C=C(CC)CC(NCCC)c1ccc(CC)s1. The van der Waals surface area contributed by atoms with Crippen LogP contribution < -0.4 is 5.32 Å². The molecule has 0 fully saturated rings. The summed E-state index contributed by atoms with van der Waals surface area (Å²) in [7, 11) is 0. The smallest absolute Gasteiger partial charge is 0.0452 e. The first kappa shape index (κ1) is 14.5. The van der Waals surface area contributed by atoms with E-state index in [1.807, 2.05) is 11.3 Å². The summed E-state index contributed by atoms with van der Waals surface area (Å²) < 4.78 is 0. The van der Waals surface area contributed by atoms with Crippen molar-refractivity contribution >= 4 is 11.3 Å². The molecule has 0 aliphatic rings. The van der Waals surface area contributed by atoms with Gasteiger partial charge in [-0.05, 0) is 44.4 Å². The van der Waals surface area contributed by atoms with Gasteiger partial charge < -0.3 is 5.32 Å². The largest absolute Gasteiger partial charge is 0.309 e. The molecule has 2 heteroatoms. The number of aryl methyl sites for hydroxylation is 1. The molecule has 1 aromatic rings. The number of rotatable bonds is 8. The van der Waals surface area contributed by atoms with Gasteiger partial charge in [-0.2, -0.15) is 0 Å². The third-order valence-electron chi connectivity index (χ3n) is 3.01. The normalized spacial score (nSPS) is 12.6. The van der Waals surface area contributed by atoms with Crippen LogP contribution in [0.5, 0.6) is 0 Å². The highest BCUT2D eigenvalue weighted by Gasteiger charge is 2.13. The van der Waals surface area contributed by atoms with Crippen LogP contribution in [0.1, 0.15) is 55.8 Å². The first-order chi connectivity index (χ1) is 8.21. The van der Waals surface area contributed by atoms with Crippen LogP contribution in [-0.4, -0.2) is 6.54 Å². The highest BCUT2D eigenvalue weighted by molar-refractivity contribution is 7.12. The molecule has 1 unspecified atom stereocenters. The summed E-state index contributed by atoms with van der Waals surface area (Å²) in [6, 6.07) is 5.00. The van der Waals surface area contributed by atoms with Gasteiger partial charge in [-0.3, -0.25) is 0 Å². The van der Waals surface area contributed by atoms with Crippen LogP contribution >= 0.6 is 11.3 Å². The van der Waals surface area contributed by atoms with E-state index in [0.29, 0.717) is 6.04 Å².